The van der Waals surface area contributed by atoms with E-state index in [2.05, 4.69) is 45.4 Å². The number of hydrogen-bond acceptors (Lipinski definition) is 16. The highest BCUT2D eigenvalue weighted by molar-refractivity contribution is 7.92. The van der Waals surface area contributed by atoms with Gasteiger partial charge in [0.15, 0.2) is 5.82 Å². The second kappa shape index (κ2) is 27.7. The topological polar surface area (TPSA) is 272 Å². The van der Waals surface area contributed by atoms with Crippen molar-refractivity contribution in [2.45, 2.75) is 103 Å². The zero-order valence-electron chi connectivity index (χ0n) is 45.8. The Kier molecular flexibility index (Phi) is 22.0. The molecule has 5 rings (SSSR count). The first-order chi connectivity index (χ1) is 36.1. The fourth-order valence-corrected chi connectivity index (χ4v) is 9.80. The molecule has 3 aromatic rings. The van der Waals surface area contributed by atoms with Crippen molar-refractivity contribution in [2.24, 2.45) is 16.0 Å². The molecule has 2 aromatic carbocycles. The number of hydrogen-bond donors (Lipinski definition) is 5. The number of primary amides is 1. The van der Waals surface area contributed by atoms with Crippen LogP contribution in [0.5, 0.6) is 11.5 Å². The van der Waals surface area contributed by atoms with Gasteiger partial charge in [-0.3, -0.25) is 28.9 Å². The van der Waals surface area contributed by atoms with Crippen LogP contribution in [0.3, 0.4) is 0 Å². The number of amides is 6. The van der Waals surface area contributed by atoms with Crippen LogP contribution in [0.25, 0.3) is 11.3 Å². The second-order valence-corrected chi connectivity index (χ2v) is 23.5. The molecule has 5 atom stereocenters. The molecule has 6 amide bonds. The van der Waals surface area contributed by atoms with Crippen molar-refractivity contribution in [3.05, 3.63) is 59.8 Å². The zero-order valence-corrected chi connectivity index (χ0v) is 46.6. The number of rotatable bonds is 21. The molecule has 2 aliphatic heterocycles. The Morgan fingerprint density at radius 2 is 1.66 bits per heavy atom. The van der Waals surface area contributed by atoms with Gasteiger partial charge in [-0.15, -0.1) is 0 Å². The summed E-state index contributed by atoms with van der Waals surface area (Å²) >= 11 is 0. The van der Waals surface area contributed by atoms with Crippen LogP contribution >= 0.6 is 0 Å². The maximum atomic E-state index is 15.2. The number of alkyl carbamates (subject to hydrolysis) is 1. The van der Waals surface area contributed by atoms with Crippen LogP contribution in [-0.2, 0) is 44.2 Å². The standard InChI is InChI=1S/C52H76F2N12O10S/c1-32(2)45(48(70)62-77(10,73)31-34-24-36-27-37(25-34)75-33(3)15-23-74-42-26-35(53)13-14-38(42)46-39(54)29-57-50(58-36)61-46)60-47(69)41-12-11-17-66(41)49(71)40(28-43(55)67)59-44(68)30-65(9)22-21-64(8)20-19-63(7)18-16-56-51(72)76-52(4,5)6/h13-14,24-27,29,32-33,40-41,45H,11-12,15-23,28,30-31H2,1-10H3,(H2,55,67)(H,56,72)(H,59,68)(H,60,69)(H,57,58,61)/t33-,40+,41+,45+,77-/m1/s1. The molecule has 0 unspecified atom stereocenters. The number of likely N-dealkylation sites (tertiary alicyclic amines) is 1. The van der Waals surface area contributed by atoms with Crippen LogP contribution in [0.15, 0.2) is 47.0 Å². The van der Waals surface area contributed by atoms with Gasteiger partial charge in [0, 0.05) is 81.9 Å². The Balaban J connectivity index is 1.20. The number of benzene rings is 2. The number of carbonyl (C=O) groups is 6. The first-order valence-electron chi connectivity index (χ1n) is 25.6. The number of carbonyl (C=O) groups excluding carboxylic acids is 6. The number of likely N-dealkylation sites (N-methyl/N-ethyl adjacent to an activating group) is 3. The van der Waals surface area contributed by atoms with Crippen molar-refractivity contribution in [1.29, 1.82) is 0 Å². The van der Waals surface area contributed by atoms with E-state index < -0.39 is 99.2 Å². The molecule has 0 radical (unpaired) electrons. The summed E-state index contributed by atoms with van der Waals surface area (Å²) in [6.45, 7) is 14.3. The van der Waals surface area contributed by atoms with Crippen molar-refractivity contribution in [2.75, 3.05) is 91.7 Å². The van der Waals surface area contributed by atoms with Crippen LogP contribution in [0.4, 0.5) is 25.2 Å². The van der Waals surface area contributed by atoms with Gasteiger partial charge in [0.1, 0.15) is 46.7 Å². The molecular weight excluding hydrogens is 1020 g/mol. The predicted octanol–water partition coefficient (Wildman–Crippen LogP) is 3.65. The van der Waals surface area contributed by atoms with E-state index in [4.69, 9.17) is 19.9 Å². The fourth-order valence-electron chi connectivity index (χ4n) is 8.46. The minimum Gasteiger partial charge on any atom is -0.493 e. The lowest BCUT2D eigenvalue weighted by Gasteiger charge is -2.30. The quantitative estimate of drug-likeness (QED) is 0.102. The normalized spacial score (nSPS) is 17.2. The lowest BCUT2D eigenvalue weighted by Crippen LogP contribution is -2.57. The largest absolute Gasteiger partial charge is 0.493 e. The van der Waals surface area contributed by atoms with Gasteiger partial charge in [-0.2, -0.15) is 4.36 Å². The van der Waals surface area contributed by atoms with Gasteiger partial charge in [0.25, 0.3) is 5.91 Å². The number of ether oxygens (including phenoxy) is 3. The van der Waals surface area contributed by atoms with Gasteiger partial charge < -0.3 is 55.9 Å². The summed E-state index contributed by atoms with van der Waals surface area (Å²) in [6.07, 6.45) is 1.84. The average Bonchev–Trinajstić information content (AvgIpc) is 3.82. The minimum absolute atomic E-state index is 0.0202. The molecule has 1 fully saturated rings. The number of halogens is 2. The molecule has 0 spiro atoms. The predicted molar refractivity (Wildman–Crippen MR) is 286 cm³/mol. The lowest BCUT2D eigenvalue weighted by atomic mass is 10.0. The van der Waals surface area contributed by atoms with Crippen molar-refractivity contribution >= 4 is 57.0 Å². The van der Waals surface area contributed by atoms with Gasteiger partial charge in [0.05, 0.1) is 47.4 Å². The van der Waals surface area contributed by atoms with E-state index in [0.717, 1.165) is 18.8 Å². The van der Waals surface area contributed by atoms with Gasteiger partial charge in [-0.25, -0.2) is 27.8 Å². The van der Waals surface area contributed by atoms with E-state index in [0.29, 0.717) is 62.6 Å². The zero-order chi connectivity index (χ0) is 56.8. The molecular formula is C52H76F2N12O10S. The summed E-state index contributed by atoms with van der Waals surface area (Å²) < 4.78 is 65.2. The highest BCUT2D eigenvalue weighted by atomic mass is 32.2. The monoisotopic (exact) mass is 1100 g/mol. The van der Waals surface area contributed by atoms with E-state index in [-0.39, 0.29) is 54.8 Å². The van der Waals surface area contributed by atoms with Crippen molar-refractivity contribution in [1.82, 2.24) is 45.5 Å². The third-order valence-corrected chi connectivity index (χ3v) is 13.8. The Labute approximate surface area is 450 Å². The maximum Gasteiger partial charge on any atom is 0.407 e. The van der Waals surface area contributed by atoms with Crippen LogP contribution in [0, 0.1) is 17.6 Å². The third kappa shape index (κ3) is 19.7. The first-order valence-corrected chi connectivity index (χ1v) is 27.7. The lowest BCUT2D eigenvalue weighted by molar-refractivity contribution is -0.143. The van der Waals surface area contributed by atoms with Crippen molar-refractivity contribution < 1.29 is 56.0 Å². The van der Waals surface area contributed by atoms with Gasteiger partial charge in [-0.05, 0) is 97.4 Å². The van der Waals surface area contributed by atoms with Crippen LogP contribution < -0.4 is 36.5 Å². The molecule has 1 aromatic heterocycles. The summed E-state index contributed by atoms with van der Waals surface area (Å²) in [5, 5.41) is 11.1. The van der Waals surface area contributed by atoms with Crippen molar-refractivity contribution in [3.8, 4) is 22.8 Å². The SMILES string of the molecule is CC(C)[C@H](NC(=O)[C@@H]1CCCN1C(=O)[C@H](CC(N)=O)NC(=O)CN(C)CCN(C)CCN(C)CCNC(=O)OC(C)(C)C)C(=O)N=[S@](C)(=O)Cc1cc2cc(c1)O[C@H](C)CCOc1cc(F)ccc1-c1nc(ncc1F)N2. The summed E-state index contributed by atoms with van der Waals surface area (Å²) in [5.74, 6) is -5.28. The number of nitrogens with two attached hydrogens (primary N) is 1. The van der Waals surface area contributed by atoms with Gasteiger partial charge in [0.2, 0.25) is 29.6 Å². The van der Waals surface area contributed by atoms with Gasteiger partial charge >= 0.3 is 6.09 Å². The summed E-state index contributed by atoms with van der Waals surface area (Å²) in [7, 11) is 2.29. The molecule has 0 aliphatic carbocycles. The number of nitrogens with one attached hydrogen (secondary N) is 4. The maximum absolute atomic E-state index is 15.2. The summed E-state index contributed by atoms with van der Waals surface area (Å²) in [6, 6.07) is 4.94. The van der Waals surface area contributed by atoms with Crippen LogP contribution in [0.1, 0.15) is 72.8 Å². The first kappa shape index (κ1) is 61.3. The molecule has 77 heavy (non-hydrogen) atoms. The Bertz CT molecular complexity index is 2720. The third-order valence-electron chi connectivity index (χ3n) is 12.4. The average molecular weight is 1100 g/mol. The van der Waals surface area contributed by atoms with E-state index >= 15 is 4.39 Å². The Hall–Kier alpha value is -6.57. The Morgan fingerprint density at radius 1 is 0.974 bits per heavy atom. The summed E-state index contributed by atoms with van der Waals surface area (Å²) in [5.41, 5.74) is 5.86. The molecule has 3 heterocycles. The number of fused-ring (bicyclic) bond motifs is 6. The van der Waals surface area contributed by atoms with Gasteiger partial charge in [-0.1, -0.05) is 13.8 Å². The van der Waals surface area contributed by atoms with E-state index in [1.54, 1.807) is 71.7 Å². The molecule has 0 saturated carbocycles. The summed E-state index contributed by atoms with van der Waals surface area (Å²) in [4.78, 5) is 95.1. The van der Waals surface area contributed by atoms with Crippen LogP contribution in [0.2, 0.25) is 0 Å². The minimum atomic E-state index is -3.36. The highest BCUT2D eigenvalue weighted by Gasteiger charge is 2.40. The van der Waals surface area contributed by atoms with E-state index in [9.17, 15) is 37.4 Å². The Morgan fingerprint density at radius 3 is 2.34 bits per heavy atom. The van der Waals surface area contributed by atoms with Crippen molar-refractivity contribution in [3.63, 3.8) is 0 Å². The number of aromatic nitrogens is 2. The molecule has 4 bridgehead atoms. The molecule has 6 N–H and O–H groups in total. The molecule has 424 valence electrons. The molecule has 1 saturated heterocycles. The molecule has 25 heteroatoms. The highest BCUT2D eigenvalue weighted by Crippen LogP contribution is 2.34. The van der Waals surface area contributed by atoms with E-state index in [1.165, 1.54) is 23.3 Å². The molecule has 22 nitrogen and oxygen atoms in total. The number of nitrogens with zero attached hydrogens (tertiary/aromatic N) is 7. The smallest absolute Gasteiger partial charge is 0.407 e. The number of anilines is 2. The molecule has 2 aliphatic rings. The van der Waals surface area contributed by atoms with Crippen LogP contribution in [-0.4, -0.2) is 186 Å². The fraction of sp³-hybridized carbons (Fsp3) is 0.577. The van der Waals surface area contributed by atoms with E-state index in [1.807, 2.05) is 14.1 Å². The second-order valence-electron chi connectivity index (χ2n) is 21.1.